The normalized spacial score (nSPS) is 12.1. The third kappa shape index (κ3) is 4.04. The van der Waals surface area contributed by atoms with Gasteiger partial charge in [-0.05, 0) is 61.7 Å². The van der Waals surface area contributed by atoms with Crippen molar-refractivity contribution in [2.45, 2.75) is 43.8 Å². The van der Waals surface area contributed by atoms with Crippen LogP contribution >= 0.6 is 11.3 Å². The number of amides is 1. The highest BCUT2D eigenvalue weighted by Gasteiger charge is 2.19. The summed E-state index contributed by atoms with van der Waals surface area (Å²) in [5.74, 6) is 0.113. The molecule has 0 unspecified atom stereocenters. The van der Waals surface area contributed by atoms with E-state index in [1.807, 2.05) is 12.1 Å². The van der Waals surface area contributed by atoms with Gasteiger partial charge >= 0.3 is 0 Å². The van der Waals surface area contributed by atoms with Gasteiger partial charge in [0.15, 0.2) is 15.0 Å². The van der Waals surface area contributed by atoms with E-state index in [9.17, 15) is 13.2 Å². The molecule has 0 atom stereocenters. The average molecular weight is 403 g/mol. The average Bonchev–Trinajstić information content (AvgIpc) is 3.02. The number of nitrogens with one attached hydrogen (secondary N) is 1. The first-order valence-corrected chi connectivity index (χ1v) is 11.1. The molecule has 1 heterocycles. The number of carbonyl (C=O) groups excluding carboxylic acids is 1. The highest BCUT2D eigenvalue weighted by atomic mass is 32.2. The van der Waals surface area contributed by atoms with Crippen molar-refractivity contribution in [3.63, 3.8) is 0 Å². The fraction of sp³-hybridized carbons (Fsp3) is 0.300. The van der Waals surface area contributed by atoms with Gasteiger partial charge < -0.3 is 0 Å². The van der Waals surface area contributed by atoms with Crippen molar-refractivity contribution in [3.05, 3.63) is 53.6 Å². The number of fused-ring (bicyclic) bond motifs is 1. The van der Waals surface area contributed by atoms with E-state index in [1.165, 1.54) is 41.2 Å². The zero-order chi connectivity index (χ0) is 19.8. The van der Waals surface area contributed by atoms with Gasteiger partial charge in [0.25, 0.3) is 5.91 Å². The lowest BCUT2D eigenvalue weighted by Crippen LogP contribution is -2.15. The molecular weight excluding hydrogens is 380 g/mol. The first-order valence-electron chi connectivity index (χ1n) is 8.74. The number of benzene rings is 2. The Morgan fingerprint density at radius 1 is 1.04 bits per heavy atom. The van der Waals surface area contributed by atoms with Gasteiger partial charge in [-0.2, -0.15) is 0 Å². The van der Waals surface area contributed by atoms with E-state index >= 15 is 0 Å². The molecule has 5 nitrogen and oxygen atoms in total. The molecule has 0 aliphatic rings. The highest BCUT2D eigenvalue weighted by molar-refractivity contribution is 7.92. The van der Waals surface area contributed by atoms with Crippen LogP contribution in [0, 0.1) is 0 Å². The molecule has 142 valence electrons. The Kier molecular flexibility index (Phi) is 5.35. The van der Waals surface area contributed by atoms with Crippen molar-refractivity contribution in [1.82, 2.24) is 4.98 Å². The van der Waals surface area contributed by atoms with Crippen LogP contribution in [0.4, 0.5) is 5.13 Å². The van der Waals surface area contributed by atoms with E-state index < -0.39 is 15.1 Å². The van der Waals surface area contributed by atoms with Crippen LogP contribution in [-0.4, -0.2) is 24.6 Å². The first-order chi connectivity index (χ1) is 12.7. The minimum Gasteiger partial charge on any atom is -0.298 e. The monoisotopic (exact) mass is 402 g/mol. The maximum absolute atomic E-state index is 12.5. The second kappa shape index (κ2) is 7.40. The number of anilines is 1. The molecule has 0 saturated carbocycles. The number of aromatic nitrogens is 1. The van der Waals surface area contributed by atoms with Crippen LogP contribution in [-0.2, 0) is 9.84 Å². The molecule has 1 aromatic heterocycles. The van der Waals surface area contributed by atoms with Gasteiger partial charge in [0.2, 0.25) is 0 Å². The Hall–Kier alpha value is -2.25. The van der Waals surface area contributed by atoms with Crippen molar-refractivity contribution >= 4 is 42.4 Å². The molecule has 27 heavy (non-hydrogen) atoms. The maximum Gasteiger partial charge on any atom is 0.257 e. The number of carbonyl (C=O) groups is 1. The van der Waals surface area contributed by atoms with Crippen molar-refractivity contribution < 1.29 is 13.2 Å². The predicted octanol–water partition coefficient (Wildman–Crippen LogP) is 4.85. The number of thiazole rings is 1. The van der Waals surface area contributed by atoms with Gasteiger partial charge in [-0.15, -0.1) is 0 Å². The van der Waals surface area contributed by atoms with Crippen LogP contribution < -0.4 is 5.32 Å². The number of sulfone groups is 1. The summed E-state index contributed by atoms with van der Waals surface area (Å²) in [4.78, 5) is 17.1. The standard InChI is InChI=1S/C20H22N2O3S2/c1-12(2)15-7-10-17-18(11-15)26-20(21-17)22-19(23)14-5-8-16(9-6-14)27(24,25)13(3)4/h5-13H,1-4H3,(H,21,22,23). The van der Waals surface area contributed by atoms with E-state index in [-0.39, 0.29) is 10.8 Å². The maximum atomic E-state index is 12.5. The van der Waals surface area contributed by atoms with Gasteiger partial charge in [-0.3, -0.25) is 10.1 Å². The largest absolute Gasteiger partial charge is 0.298 e. The zero-order valence-corrected chi connectivity index (χ0v) is 17.3. The Balaban J connectivity index is 1.80. The number of hydrogen-bond acceptors (Lipinski definition) is 5. The van der Waals surface area contributed by atoms with E-state index in [0.717, 1.165) is 10.2 Å². The summed E-state index contributed by atoms with van der Waals surface area (Å²) >= 11 is 1.42. The third-order valence-corrected chi connectivity index (χ3v) is 7.47. The molecule has 7 heteroatoms. The minimum absolute atomic E-state index is 0.218. The van der Waals surface area contributed by atoms with Gasteiger partial charge in [0.05, 0.1) is 20.4 Å². The van der Waals surface area contributed by atoms with Gasteiger partial charge in [0.1, 0.15) is 0 Å². The molecule has 1 N–H and O–H groups in total. The second-order valence-corrected chi connectivity index (χ2v) is 10.5. The molecule has 0 saturated heterocycles. The summed E-state index contributed by atoms with van der Waals surface area (Å²) in [6.45, 7) is 7.53. The number of hydrogen-bond donors (Lipinski definition) is 1. The van der Waals surface area contributed by atoms with Gasteiger partial charge in [-0.1, -0.05) is 31.3 Å². The fourth-order valence-corrected chi connectivity index (χ4v) is 4.56. The lowest BCUT2D eigenvalue weighted by atomic mass is 10.0. The van der Waals surface area contributed by atoms with Crippen LogP contribution in [0.5, 0.6) is 0 Å². The molecular formula is C20H22N2O3S2. The lowest BCUT2D eigenvalue weighted by molar-refractivity contribution is 0.102. The molecule has 0 bridgehead atoms. The Bertz CT molecular complexity index is 1080. The summed E-state index contributed by atoms with van der Waals surface area (Å²) in [5, 5.41) is 2.82. The molecule has 3 aromatic rings. The minimum atomic E-state index is -3.35. The smallest absolute Gasteiger partial charge is 0.257 e. The third-order valence-electron chi connectivity index (χ3n) is 4.37. The number of rotatable bonds is 5. The molecule has 0 fully saturated rings. The van der Waals surface area contributed by atoms with Crippen molar-refractivity contribution in [1.29, 1.82) is 0 Å². The Morgan fingerprint density at radius 2 is 1.70 bits per heavy atom. The predicted molar refractivity (Wildman–Crippen MR) is 110 cm³/mol. The first kappa shape index (κ1) is 19.5. The van der Waals surface area contributed by atoms with E-state index in [2.05, 4.69) is 30.2 Å². The van der Waals surface area contributed by atoms with Crippen molar-refractivity contribution in [2.24, 2.45) is 0 Å². The van der Waals surface area contributed by atoms with Crippen LogP contribution in [0.1, 0.15) is 49.5 Å². The molecule has 2 aromatic carbocycles. The van der Waals surface area contributed by atoms with Crippen LogP contribution in [0.3, 0.4) is 0 Å². The second-order valence-electron chi connectivity index (χ2n) is 6.97. The number of nitrogens with zero attached hydrogens (tertiary/aromatic N) is 1. The van der Waals surface area contributed by atoms with Crippen molar-refractivity contribution in [2.75, 3.05) is 5.32 Å². The van der Waals surface area contributed by atoms with Crippen LogP contribution in [0.2, 0.25) is 0 Å². The van der Waals surface area contributed by atoms with Crippen LogP contribution in [0.25, 0.3) is 10.2 Å². The molecule has 0 radical (unpaired) electrons. The van der Waals surface area contributed by atoms with E-state index in [0.29, 0.717) is 16.6 Å². The quantitative estimate of drug-likeness (QED) is 0.661. The molecule has 1 amide bonds. The molecule has 3 rings (SSSR count). The molecule has 0 spiro atoms. The summed E-state index contributed by atoms with van der Waals surface area (Å²) in [6, 6.07) is 12.1. The van der Waals surface area contributed by atoms with Crippen LogP contribution in [0.15, 0.2) is 47.4 Å². The van der Waals surface area contributed by atoms with Gasteiger partial charge in [0, 0.05) is 5.56 Å². The topological polar surface area (TPSA) is 76.1 Å². The highest BCUT2D eigenvalue weighted by Crippen LogP contribution is 2.29. The van der Waals surface area contributed by atoms with Crippen molar-refractivity contribution in [3.8, 4) is 0 Å². The summed E-state index contributed by atoms with van der Waals surface area (Å²) < 4.78 is 25.4. The molecule has 0 aliphatic carbocycles. The summed E-state index contributed by atoms with van der Waals surface area (Å²) in [5.41, 5.74) is 2.46. The van der Waals surface area contributed by atoms with Gasteiger partial charge in [-0.25, -0.2) is 13.4 Å². The Labute approximate surface area is 163 Å². The zero-order valence-electron chi connectivity index (χ0n) is 15.7. The van der Waals surface area contributed by atoms with E-state index in [4.69, 9.17) is 0 Å². The molecule has 0 aliphatic heterocycles. The summed E-state index contributed by atoms with van der Waals surface area (Å²) in [7, 11) is -3.35. The summed E-state index contributed by atoms with van der Waals surface area (Å²) in [6.07, 6.45) is 0. The van der Waals surface area contributed by atoms with E-state index in [1.54, 1.807) is 13.8 Å². The lowest BCUT2D eigenvalue weighted by Gasteiger charge is -2.08. The Morgan fingerprint density at radius 3 is 2.30 bits per heavy atom. The fourth-order valence-electron chi connectivity index (χ4n) is 2.59. The SMILES string of the molecule is CC(C)c1ccc2nc(NC(=O)c3ccc(S(=O)(=O)C(C)C)cc3)sc2c1.